The van der Waals surface area contributed by atoms with Crippen LogP contribution in [0.5, 0.6) is 0 Å². The van der Waals surface area contributed by atoms with Crippen LogP contribution in [0.2, 0.25) is 0 Å². The van der Waals surface area contributed by atoms with E-state index in [-0.39, 0.29) is 11.9 Å². The van der Waals surface area contributed by atoms with Gasteiger partial charge in [0.15, 0.2) is 0 Å². The van der Waals surface area contributed by atoms with Gasteiger partial charge in [-0.25, -0.2) is 0 Å². The van der Waals surface area contributed by atoms with Crippen LogP contribution in [0.1, 0.15) is 17.4 Å². The summed E-state index contributed by atoms with van der Waals surface area (Å²) in [7, 11) is 3.93. The maximum absolute atomic E-state index is 11.8. The summed E-state index contributed by atoms with van der Waals surface area (Å²) in [5.41, 5.74) is 3.49. The molecule has 0 aromatic carbocycles. The van der Waals surface area contributed by atoms with Crippen molar-refractivity contribution in [3.8, 4) is 0 Å². The van der Waals surface area contributed by atoms with Gasteiger partial charge in [0.1, 0.15) is 5.69 Å². The number of aromatic nitrogens is 1. The molecule has 17 heavy (non-hydrogen) atoms. The number of hydrogen-bond acceptors (Lipinski definition) is 5. The van der Waals surface area contributed by atoms with Gasteiger partial charge in [0.05, 0.1) is 5.69 Å². The van der Waals surface area contributed by atoms with Crippen LogP contribution in [-0.2, 0) is 0 Å². The first kappa shape index (κ1) is 13.4. The fraction of sp³-hybridized carbons (Fsp3) is 0.455. The van der Waals surface area contributed by atoms with E-state index in [1.807, 2.05) is 25.9 Å². The first-order valence-electron chi connectivity index (χ1n) is 5.42. The van der Waals surface area contributed by atoms with Crippen LogP contribution >= 0.6 is 0 Å². The Labute approximate surface area is 101 Å². The molecule has 6 heteroatoms. The summed E-state index contributed by atoms with van der Waals surface area (Å²) in [6.07, 6.45) is 1.54. The van der Waals surface area contributed by atoms with E-state index < -0.39 is 0 Å². The van der Waals surface area contributed by atoms with Gasteiger partial charge >= 0.3 is 0 Å². The van der Waals surface area contributed by atoms with E-state index in [4.69, 9.17) is 5.84 Å². The number of nitrogens with two attached hydrogens (primary N) is 1. The lowest BCUT2D eigenvalue weighted by Crippen LogP contribution is -2.38. The van der Waals surface area contributed by atoms with Gasteiger partial charge in [-0.3, -0.25) is 15.6 Å². The number of carbonyl (C=O) groups is 1. The molecule has 0 spiro atoms. The molecule has 0 saturated carbocycles. The third kappa shape index (κ3) is 4.01. The zero-order valence-corrected chi connectivity index (χ0v) is 10.4. The molecule has 4 N–H and O–H groups in total. The SMILES string of the molecule is CC(CNC(=O)c1cc(NN)ccn1)N(C)C. The molecule has 0 aliphatic heterocycles. The lowest BCUT2D eigenvalue weighted by atomic mass is 10.2. The van der Waals surface area contributed by atoms with Crippen LogP contribution in [0.25, 0.3) is 0 Å². The lowest BCUT2D eigenvalue weighted by Gasteiger charge is -2.19. The van der Waals surface area contributed by atoms with Gasteiger partial charge in [0.25, 0.3) is 5.91 Å². The van der Waals surface area contributed by atoms with Gasteiger partial charge in [-0.05, 0) is 33.2 Å². The summed E-state index contributed by atoms with van der Waals surface area (Å²) < 4.78 is 0. The average molecular weight is 237 g/mol. The average Bonchev–Trinajstić information content (AvgIpc) is 2.35. The maximum atomic E-state index is 11.8. The molecule has 1 unspecified atom stereocenters. The summed E-state index contributed by atoms with van der Waals surface area (Å²) in [6, 6.07) is 3.57. The molecule has 0 aliphatic carbocycles. The fourth-order valence-corrected chi connectivity index (χ4v) is 1.16. The van der Waals surface area contributed by atoms with Crippen molar-refractivity contribution in [3.63, 3.8) is 0 Å². The largest absolute Gasteiger partial charge is 0.349 e. The smallest absolute Gasteiger partial charge is 0.270 e. The number of nitrogens with one attached hydrogen (secondary N) is 2. The number of anilines is 1. The quantitative estimate of drug-likeness (QED) is 0.498. The number of nitrogen functional groups attached to an aromatic ring is 1. The Balaban J connectivity index is 2.57. The van der Waals surface area contributed by atoms with Gasteiger partial charge in [-0.1, -0.05) is 0 Å². The predicted molar refractivity (Wildman–Crippen MR) is 67.5 cm³/mol. The highest BCUT2D eigenvalue weighted by molar-refractivity contribution is 5.93. The number of pyridine rings is 1. The van der Waals surface area contributed by atoms with Gasteiger partial charge in [0.2, 0.25) is 0 Å². The predicted octanol–water partition coefficient (Wildman–Crippen LogP) is 0.0471. The number of rotatable bonds is 5. The minimum absolute atomic E-state index is 0.198. The van der Waals surface area contributed by atoms with Crippen LogP contribution in [0.3, 0.4) is 0 Å². The molecular weight excluding hydrogens is 218 g/mol. The van der Waals surface area contributed by atoms with Crippen molar-refractivity contribution in [2.45, 2.75) is 13.0 Å². The minimum atomic E-state index is -0.198. The molecule has 0 saturated heterocycles. The van der Waals surface area contributed by atoms with Crippen molar-refractivity contribution in [1.29, 1.82) is 0 Å². The zero-order chi connectivity index (χ0) is 12.8. The molecule has 0 bridgehead atoms. The van der Waals surface area contributed by atoms with Crippen molar-refractivity contribution in [3.05, 3.63) is 24.0 Å². The Kier molecular flexibility index (Phi) is 4.86. The highest BCUT2D eigenvalue weighted by Crippen LogP contribution is 2.05. The van der Waals surface area contributed by atoms with Crippen LogP contribution in [0, 0.1) is 0 Å². The van der Waals surface area contributed by atoms with Gasteiger partial charge < -0.3 is 15.6 Å². The number of carbonyl (C=O) groups excluding carboxylic acids is 1. The summed E-state index contributed by atoms with van der Waals surface area (Å²) in [4.78, 5) is 17.8. The number of hydrogen-bond donors (Lipinski definition) is 3. The van der Waals surface area contributed by atoms with Crippen molar-refractivity contribution in [2.75, 3.05) is 26.1 Å². The minimum Gasteiger partial charge on any atom is -0.349 e. The fourth-order valence-electron chi connectivity index (χ4n) is 1.16. The molecule has 94 valence electrons. The van der Waals surface area contributed by atoms with E-state index in [0.29, 0.717) is 17.9 Å². The third-order valence-electron chi connectivity index (χ3n) is 2.60. The van der Waals surface area contributed by atoms with E-state index in [2.05, 4.69) is 15.7 Å². The molecule has 1 atom stereocenters. The molecule has 0 aliphatic rings. The van der Waals surface area contributed by atoms with E-state index >= 15 is 0 Å². The maximum Gasteiger partial charge on any atom is 0.270 e. The van der Waals surface area contributed by atoms with Crippen LogP contribution in [0.4, 0.5) is 5.69 Å². The molecule has 1 heterocycles. The van der Waals surface area contributed by atoms with Crippen molar-refractivity contribution < 1.29 is 4.79 Å². The molecular formula is C11H19N5O. The van der Waals surface area contributed by atoms with E-state index in [0.717, 1.165) is 0 Å². The van der Waals surface area contributed by atoms with Crippen LogP contribution < -0.4 is 16.6 Å². The summed E-state index contributed by atoms with van der Waals surface area (Å²) in [5, 5.41) is 2.82. The van der Waals surface area contributed by atoms with Crippen molar-refractivity contribution in [1.82, 2.24) is 15.2 Å². The number of likely N-dealkylation sites (N-methyl/N-ethyl adjacent to an activating group) is 1. The van der Waals surface area contributed by atoms with Gasteiger partial charge in [0, 0.05) is 18.8 Å². The summed E-state index contributed by atoms with van der Waals surface area (Å²) in [6.45, 7) is 2.61. The summed E-state index contributed by atoms with van der Waals surface area (Å²) in [5.74, 6) is 5.07. The first-order valence-corrected chi connectivity index (χ1v) is 5.42. The molecule has 0 fully saturated rings. The first-order chi connectivity index (χ1) is 8.04. The lowest BCUT2D eigenvalue weighted by molar-refractivity contribution is 0.0938. The van der Waals surface area contributed by atoms with Crippen molar-refractivity contribution >= 4 is 11.6 Å². The van der Waals surface area contributed by atoms with Crippen LogP contribution in [0.15, 0.2) is 18.3 Å². The second-order valence-corrected chi connectivity index (χ2v) is 4.10. The van der Waals surface area contributed by atoms with Gasteiger partial charge in [-0.2, -0.15) is 0 Å². The Bertz CT molecular complexity index is 380. The number of amides is 1. The molecule has 1 amide bonds. The van der Waals surface area contributed by atoms with E-state index in [9.17, 15) is 4.79 Å². The Hall–Kier alpha value is -1.66. The molecule has 1 aromatic rings. The zero-order valence-electron chi connectivity index (χ0n) is 10.4. The standard InChI is InChI=1S/C11H19N5O/c1-8(16(2)3)7-14-11(17)10-6-9(15-12)4-5-13-10/h4-6,8H,7,12H2,1-3H3,(H,13,15)(H,14,17). The molecule has 1 aromatic heterocycles. The van der Waals surface area contributed by atoms with E-state index in [1.54, 1.807) is 18.3 Å². The highest BCUT2D eigenvalue weighted by atomic mass is 16.1. The molecule has 0 radical (unpaired) electrons. The summed E-state index contributed by atoms with van der Waals surface area (Å²) >= 11 is 0. The Morgan fingerprint density at radius 3 is 2.88 bits per heavy atom. The Morgan fingerprint density at radius 2 is 2.29 bits per heavy atom. The molecule has 1 rings (SSSR count). The number of hydrazine groups is 1. The second-order valence-electron chi connectivity index (χ2n) is 4.10. The van der Waals surface area contributed by atoms with Crippen LogP contribution in [-0.4, -0.2) is 42.5 Å². The Morgan fingerprint density at radius 1 is 1.59 bits per heavy atom. The monoisotopic (exact) mass is 237 g/mol. The molecule has 6 nitrogen and oxygen atoms in total. The van der Waals surface area contributed by atoms with Gasteiger partial charge in [-0.15, -0.1) is 0 Å². The second kappa shape index (κ2) is 6.17. The topological polar surface area (TPSA) is 83.3 Å². The highest BCUT2D eigenvalue weighted by Gasteiger charge is 2.10. The third-order valence-corrected chi connectivity index (χ3v) is 2.60. The van der Waals surface area contributed by atoms with Crippen molar-refractivity contribution in [2.24, 2.45) is 5.84 Å². The normalized spacial score (nSPS) is 12.3. The van der Waals surface area contributed by atoms with E-state index in [1.165, 1.54) is 0 Å². The number of nitrogens with zero attached hydrogens (tertiary/aromatic N) is 2.